The third kappa shape index (κ3) is 5.98. The van der Waals surface area contributed by atoms with Crippen molar-refractivity contribution in [3.05, 3.63) is 64.0 Å². The van der Waals surface area contributed by atoms with Crippen LogP contribution in [0, 0.1) is 15.9 Å². The van der Waals surface area contributed by atoms with Crippen LogP contribution in [0.15, 0.2) is 47.4 Å². The molecule has 2 aromatic carbocycles. The Morgan fingerprint density at radius 1 is 1.18 bits per heavy atom. The lowest BCUT2D eigenvalue weighted by atomic mass is 10.2. The van der Waals surface area contributed by atoms with Gasteiger partial charge in [-0.05, 0) is 45.3 Å². The van der Waals surface area contributed by atoms with Gasteiger partial charge < -0.3 is 10.2 Å². The van der Waals surface area contributed by atoms with Crippen LogP contribution in [0.2, 0.25) is 0 Å². The van der Waals surface area contributed by atoms with Crippen LogP contribution in [0.4, 0.5) is 15.8 Å². The van der Waals surface area contributed by atoms with Gasteiger partial charge in [0.25, 0.3) is 5.69 Å². The van der Waals surface area contributed by atoms with Crippen LogP contribution >= 0.6 is 0 Å². The number of benzene rings is 2. The van der Waals surface area contributed by atoms with E-state index in [1.165, 1.54) is 18.2 Å². The van der Waals surface area contributed by atoms with Gasteiger partial charge in [-0.1, -0.05) is 18.2 Å². The summed E-state index contributed by atoms with van der Waals surface area (Å²) in [6.07, 6.45) is 0.608. The van der Waals surface area contributed by atoms with Crippen LogP contribution in [0.25, 0.3) is 0 Å². The Labute approximate surface area is 163 Å². The number of rotatable bonds is 10. The third-order valence-electron chi connectivity index (χ3n) is 3.98. The molecule has 0 aliphatic heterocycles. The first-order valence-electron chi connectivity index (χ1n) is 8.61. The number of sulfonamides is 1. The van der Waals surface area contributed by atoms with Gasteiger partial charge in [-0.25, -0.2) is 17.5 Å². The summed E-state index contributed by atoms with van der Waals surface area (Å²) in [4.78, 5) is 12.4. The second-order valence-electron chi connectivity index (χ2n) is 6.44. The summed E-state index contributed by atoms with van der Waals surface area (Å²) < 4.78 is 40.9. The Balaban J connectivity index is 2.15. The molecule has 0 amide bonds. The van der Waals surface area contributed by atoms with Crippen molar-refractivity contribution in [1.29, 1.82) is 0 Å². The Morgan fingerprint density at radius 2 is 1.89 bits per heavy atom. The molecule has 0 aliphatic rings. The van der Waals surface area contributed by atoms with E-state index >= 15 is 0 Å². The van der Waals surface area contributed by atoms with Gasteiger partial charge >= 0.3 is 0 Å². The highest BCUT2D eigenvalue weighted by Crippen LogP contribution is 2.28. The fraction of sp³-hybridized carbons (Fsp3) is 0.333. The standard InChI is InChI=1S/C18H23FN4O4S/c1-22(2)11-5-10-21-28(26,27)15-8-9-17(18(12-15)23(24)25)20-13-14-6-3-4-7-16(14)19/h3-4,6-9,12,20-21H,5,10-11,13H2,1-2H3. The Kier molecular flexibility index (Phi) is 7.44. The van der Waals surface area contributed by atoms with Gasteiger partial charge in [-0.15, -0.1) is 0 Å². The molecule has 28 heavy (non-hydrogen) atoms. The summed E-state index contributed by atoms with van der Waals surface area (Å²) in [5.74, 6) is -0.432. The zero-order valence-corrected chi connectivity index (χ0v) is 16.5. The Hall–Kier alpha value is -2.56. The molecule has 0 radical (unpaired) electrons. The minimum absolute atomic E-state index is 0.0302. The van der Waals surface area contributed by atoms with Crippen molar-refractivity contribution < 1.29 is 17.7 Å². The van der Waals surface area contributed by atoms with E-state index in [2.05, 4.69) is 10.0 Å². The van der Waals surface area contributed by atoms with Crippen molar-refractivity contribution in [3.63, 3.8) is 0 Å². The average molecular weight is 410 g/mol. The van der Waals surface area contributed by atoms with Crippen molar-refractivity contribution in [1.82, 2.24) is 9.62 Å². The molecule has 0 unspecified atom stereocenters. The maximum absolute atomic E-state index is 13.7. The van der Waals surface area contributed by atoms with Gasteiger partial charge in [0.1, 0.15) is 11.5 Å². The van der Waals surface area contributed by atoms with Crippen molar-refractivity contribution in [2.24, 2.45) is 0 Å². The molecule has 0 aliphatic carbocycles. The van der Waals surface area contributed by atoms with Gasteiger partial charge in [-0.3, -0.25) is 10.1 Å². The van der Waals surface area contributed by atoms with Crippen LogP contribution in [0.3, 0.4) is 0 Å². The molecule has 2 aromatic rings. The highest BCUT2D eigenvalue weighted by Gasteiger charge is 2.21. The lowest BCUT2D eigenvalue weighted by Gasteiger charge is -2.12. The van der Waals surface area contributed by atoms with E-state index in [1.807, 2.05) is 19.0 Å². The highest BCUT2D eigenvalue weighted by atomic mass is 32.2. The second-order valence-corrected chi connectivity index (χ2v) is 8.20. The van der Waals surface area contributed by atoms with E-state index in [-0.39, 0.29) is 23.7 Å². The van der Waals surface area contributed by atoms with Gasteiger partial charge in [0.15, 0.2) is 0 Å². The van der Waals surface area contributed by atoms with Crippen molar-refractivity contribution >= 4 is 21.4 Å². The summed E-state index contributed by atoms with van der Waals surface area (Å²) in [6, 6.07) is 9.66. The molecule has 0 saturated heterocycles. The maximum atomic E-state index is 13.7. The molecule has 152 valence electrons. The van der Waals surface area contributed by atoms with Crippen molar-refractivity contribution in [3.8, 4) is 0 Å². The van der Waals surface area contributed by atoms with Gasteiger partial charge in [-0.2, -0.15) is 0 Å². The van der Waals surface area contributed by atoms with E-state index in [1.54, 1.807) is 18.2 Å². The quantitative estimate of drug-likeness (QED) is 0.354. The number of hydrogen-bond acceptors (Lipinski definition) is 6. The smallest absolute Gasteiger partial charge is 0.293 e. The molecule has 0 bridgehead atoms. The van der Waals surface area contributed by atoms with Gasteiger partial charge in [0.2, 0.25) is 10.0 Å². The van der Waals surface area contributed by atoms with Crippen LogP contribution in [-0.2, 0) is 16.6 Å². The second kappa shape index (κ2) is 9.58. The predicted molar refractivity (Wildman–Crippen MR) is 105 cm³/mol. The number of anilines is 1. The number of nitro benzene ring substituents is 1. The first kappa shape index (κ1) is 21.7. The number of nitrogens with one attached hydrogen (secondary N) is 2. The summed E-state index contributed by atoms with van der Waals surface area (Å²) in [6.45, 7) is 0.964. The number of nitro groups is 1. The summed E-state index contributed by atoms with van der Waals surface area (Å²) in [5, 5.41) is 14.2. The fourth-order valence-electron chi connectivity index (χ4n) is 2.50. The molecular formula is C18H23FN4O4S. The molecular weight excluding hydrogens is 387 g/mol. The van der Waals surface area contributed by atoms with E-state index in [4.69, 9.17) is 0 Å². The van der Waals surface area contributed by atoms with Gasteiger partial charge in [0, 0.05) is 24.7 Å². The highest BCUT2D eigenvalue weighted by molar-refractivity contribution is 7.89. The predicted octanol–water partition coefficient (Wildman–Crippen LogP) is 2.58. The Morgan fingerprint density at radius 3 is 2.54 bits per heavy atom. The molecule has 0 atom stereocenters. The molecule has 8 nitrogen and oxygen atoms in total. The average Bonchev–Trinajstić information content (AvgIpc) is 2.64. The minimum atomic E-state index is -3.87. The van der Waals surface area contributed by atoms with Crippen molar-refractivity contribution in [2.75, 3.05) is 32.5 Å². The van der Waals surface area contributed by atoms with Crippen LogP contribution in [0.1, 0.15) is 12.0 Å². The Bertz CT molecular complexity index is 935. The normalized spacial score (nSPS) is 11.6. The first-order valence-corrected chi connectivity index (χ1v) is 10.1. The lowest BCUT2D eigenvalue weighted by molar-refractivity contribution is -0.384. The molecule has 0 aromatic heterocycles. The molecule has 0 saturated carbocycles. The molecule has 0 spiro atoms. The number of nitrogens with zero attached hydrogens (tertiary/aromatic N) is 2. The third-order valence-corrected chi connectivity index (χ3v) is 5.44. The molecule has 0 fully saturated rings. The number of hydrogen-bond donors (Lipinski definition) is 2. The van der Waals surface area contributed by atoms with Crippen molar-refractivity contribution in [2.45, 2.75) is 17.9 Å². The largest absolute Gasteiger partial charge is 0.375 e. The molecule has 10 heteroatoms. The fourth-order valence-corrected chi connectivity index (χ4v) is 3.59. The monoisotopic (exact) mass is 410 g/mol. The molecule has 2 N–H and O–H groups in total. The zero-order valence-electron chi connectivity index (χ0n) is 15.7. The summed E-state index contributed by atoms with van der Waals surface area (Å²) >= 11 is 0. The van der Waals surface area contributed by atoms with E-state index in [0.29, 0.717) is 18.5 Å². The summed E-state index contributed by atoms with van der Waals surface area (Å²) in [5.41, 5.74) is 0.0587. The molecule has 0 heterocycles. The van der Waals surface area contributed by atoms with Crippen LogP contribution in [-0.4, -0.2) is 45.4 Å². The zero-order chi connectivity index (χ0) is 20.7. The first-order chi connectivity index (χ1) is 13.2. The summed E-state index contributed by atoms with van der Waals surface area (Å²) in [7, 11) is -0.106. The van der Waals surface area contributed by atoms with E-state index in [0.717, 1.165) is 6.07 Å². The topological polar surface area (TPSA) is 105 Å². The van der Waals surface area contributed by atoms with E-state index in [9.17, 15) is 22.9 Å². The van der Waals surface area contributed by atoms with E-state index < -0.39 is 26.5 Å². The minimum Gasteiger partial charge on any atom is -0.375 e. The van der Waals surface area contributed by atoms with Crippen LogP contribution in [0.5, 0.6) is 0 Å². The van der Waals surface area contributed by atoms with Gasteiger partial charge in [0.05, 0.1) is 9.82 Å². The maximum Gasteiger partial charge on any atom is 0.293 e. The molecule has 2 rings (SSSR count). The SMILES string of the molecule is CN(C)CCCNS(=O)(=O)c1ccc(NCc2ccccc2F)c([N+](=O)[O-])c1. The van der Waals surface area contributed by atoms with Crippen LogP contribution < -0.4 is 10.0 Å². The number of halogens is 1. The lowest BCUT2D eigenvalue weighted by Crippen LogP contribution is -2.27.